The van der Waals surface area contributed by atoms with Gasteiger partial charge >= 0.3 is 0 Å². The third-order valence-corrected chi connectivity index (χ3v) is 7.28. The number of sulfonamides is 1. The second-order valence-corrected chi connectivity index (χ2v) is 8.13. The van der Waals surface area contributed by atoms with Crippen LogP contribution in [0.1, 0.15) is 17.4 Å². The molecular weight excluding hydrogens is 344 g/mol. The normalized spacial score (nSPS) is 19.8. The first-order valence-corrected chi connectivity index (χ1v) is 9.07. The number of nitrogens with zero attached hydrogens (tertiary/aromatic N) is 3. The van der Waals surface area contributed by atoms with Gasteiger partial charge in [0.25, 0.3) is 10.0 Å². The Morgan fingerprint density at radius 1 is 1.45 bits per heavy atom. The van der Waals surface area contributed by atoms with Crippen LogP contribution in [0.5, 0.6) is 0 Å². The molecule has 22 heavy (non-hydrogen) atoms. The summed E-state index contributed by atoms with van der Waals surface area (Å²) in [6.07, 6.45) is 3.54. The van der Waals surface area contributed by atoms with Crippen molar-refractivity contribution in [2.45, 2.75) is 17.2 Å². The first kappa shape index (κ1) is 17.4. The van der Waals surface area contributed by atoms with Crippen molar-refractivity contribution in [2.75, 3.05) is 19.6 Å². The van der Waals surface area contributed by atoms with Crippen LogP contribution in [0, 0.1) is 6.92 Å². The van der Waals surface area contributed by atoms with Crippen LogP contribution in [0.4, 0.5) is 0 Å². The minimum atomic E-state index is -3.48. The van der Waals surface area contributed by atoms with Crippen LogP contribution in [0.3, 0.4) is 0 Å². The molecule has 1 N–H and O–H groups in total. The van der Waals surface area contributed by atoms with E-state index in [4.69, 9.17) is 0 Å². The lowest BCUT2D eigenvalue weighted by Gasteiger charge is -2.34. The molecule has 1 saturated heterocycles. The molecule has 1 aliphatic rings. The van der Waals surface area contributed by atoms with E-state index in [2.05, 4.69) is 10.3 Å². The van der Waals surface area contributed by atoms with E-state index in [1.807, 2.05) is 36.2 Å². The van der Waals surface area contributed by atoms with Gasteiger partial charge in [-0.25, -0.2) is 13.4 Å². The lowest BCUT2D eigenvalue weighted by atomic mass is 10.2. The number of hydrogen-bond acceptors (Lipinski definition) is 5. The van der Waals surface area contributed by atoms with Gasteiger partial charge in [-0.15, -0.1) is 23.7 Å². The molecule has 2 aromatic rings. The summed E-state index contributed by atoms with van der Waals surface area (Å²) in [5, 5.41) is 5.08. The van der Waals surface area contributed by atoms with Gasteiger partial charge in [0.15, 0.2) is 0 Å². The second kappa shape index (κ2) is 6.67. The van der Waals surface area contributed by atoms with Crippen molar-refractivity contribution in [2.24, 2.45) is 7.05 Å². The molecule has 0 saturated carbocycles. The molecule has 0 bridgehead atoms. The summed E-state index contributed by atoms with van der Waals surface area (Å²) in [7, 11) is -1.60. The Kier molecular flexibility index (Phi) is 5.29. The predicted molar refractivity (Wildman–Crippen MR) is 89.0 cm³/mol. The summed E-state index contributed by atoms with van der Waals surface area (Å²) >= 11 is 1.28. The Morgan fingerprint density at radius 2 is 2.23 bits per heavy atom. The molecule has 0 aliphatic carbocycles. The van der Waals surface area contributed by atoms with Crippen molar-refractivity contribution < 1.29 is 8.42 Å². The summed E-state index contributed by atoms with van der Waals surface area (Å²) in [5.41, 5.74) is 0.803. The molecule has 1 fully saturated rings. The minimum Gasteiger partial charge on any atom is -0.337 e. The van der Waals surface area contributed by atoms with Crippen LogP contribution in [0.2, 0.25) is 0 Å². The standard InChI is InChI=1S/C13H18N4O2S2.ClH/c1-10-3-8-20-13(10)21(18,19)17-7-4-14-9-11(17)12-15-5-6-16(12)2;/h3,5-6,8,11,14H,4,7,9H2,1-2H3;1H. The van der Waals surface area contributed by atoms with Gasteiger partial charge in [0.2, 0.25) is 0 Å². The Morgan fingerprint density at radius 3 is 2.82 bits per heavy atom. The highest BCUT2D eigenvalue weighted by Gasteiger charge is 2.37. The topological polar surface area (TPSA) is 67.2 Å². The maximum atomic E-state index is 13.0. The highest BCUT2D eigenvalue weighted by molar-refractivity contribution is 7.91. The van der Waals surface area contributed by atoms with E-state index in [1.165, 1.54) is 11.3 Å². The summed E-state index contributed by atoms with van der Waals surface area (Å²) in [6.45, 7) is 3.53. The van der Waals surface area contributed by atoms with Gasteiger partial charge in [-0.1, -0.05) is 0 Å². The Labute approximate surface area is 140 Å². The van der Waals surface area contributed by atoms with Crippen LogP contribution < -0.4 is 5.32 Å². The first-order chi connectivity index (χ1) is 10.0. The predicted octanol–water partition coefficient (Wildman–Crippen LogP) is 1.55. The van der Waals surface area contributed by atoms with Crippen molar-refractivity contribution >= 4 is 33.8 Å². The van der Waals surface area contributed by atoms with Gasteiger partial charge in [0.1, 0.15) is 10.0 Å². The fourth-order valence-corrected chi connectivity index (χ4v) is 5.73. The van der Waals surface area contributed by atoms with E-state index < -0.39 is 10.0 Å². The average molecular weight is 363 g/mol. The summed E-state index contributed by atoms with van der Waals surface area (Å²) in [6, 6.07) is 1.57. The fourth-order valence-electron chi connectivity index (χ4n) is 2.62. The number of hydrogen-bond donors (Lipinski definition) is 1. The maximum absolute atomic E-state index is 13.0. The second-order valence-electron chi connectivity index (χ2n) is 5.12. The maximum Gasteiger partial charge on any atom is 0.253 e. The molecule has 122 valence electrons. The zero-order valence-corrected chi connectivity index (χ0v) is 14.8. The highest BCUT2D eigenvalue weighted by Crippen LogP contribution is 2.31. The van der Waals surface area contributed by atoms with Crippen LogP contribution in [-0.4, -0.2) is 41.9 Å². The molecule has 3 heterocycles. The zero-order chi connectivity index (χ0) is 15.0. The van der Waals surface area contributed by atoms with E-state index in [-0.39, 0.29) is 18.4 Å². The lowest BCUT2D eigenvalue weighted by molar-refractivity contribution is 0.259. The molecule has 0 radical (unpaired) electrons. The van der Waals surface area contributed by atoms with Gasteiger partial charge in [0.05, 0.1) is 6.04 Å². The van der Waals surface area contributed by atoms with E-state index >= 15 is 0 Å². The van der Waals surface area contributed by atoms with Gasteiger partial charge in [-0.2, -0.15) is 4.31 Å². The molecule has 0 aromatic carbocycles. The first-order valence-electron chi connectivity index (χ1n) is 6.75. The van der Waals surface area contributed by atoms with E-state index in [1.54, 1.807) is 10.5 Å². The summed E-state index contributed by atoms with van der Waals surface area (Å²) < 4.78 is 29.8. The van der Waals surface area contributed by atoms with Crippen molar-refractivity contribution in [1.29, 1.82) is 0 Å². The average Bonchev–Trinajstić information content (AvgIpc) is 3.07. The van der Waals surface area contributed by atoms with Crippen LogP contribution >= 0.6 is 23.7 Å². The van der Waals surface area contributed by atoms with Crippen LogP contribution in [0.25, 0.3) is 0 Å². The summed E-state index contributed by atoms with van der Waals surface area (Å²) in [5.74, 6) is 0.764. The zero-order valence-electron chi connectivity index (χ0n) is 12.4. The van der Waals surface area contributed by atoms with E-state index in [0.717, 1.165) is 11.4 Å². The smallest absolute Gasteiger partial charge is 0.253 e. The number of imidazole rings is 1. The molecule has 6 nitrogen and oxygen atoms in total. The number of aromatic nitrogens is 2. The number of nitrogens with one attached hydrogen (secondary N) is 1. The third-order valence-electron chi connectivity index (χ3n) is 3.71. The molecule has 1 aliphatic heterocycles. The SMILES string of the molecule is Cc1ccsc1S(=O)(=O)N1CCNCC1c1nccn1C.Cl. The molecule has 1 atom stereocenters. The highest BCUT2D eigenvalue weighted by atomic mass is 35.5. The Hall–Kier alpha value is -0.930. The van der Waals surface area contributed by atoms with Crippen LogP contribution in [-0.2, 0) is 17.1 Å². The van der Waals surface area contributed by atoms with Gasteiger partial charge in [0, 0.05) is 39.1 Å². The number of rotatable bonds is 3. The Balaban J connectivity index is 0.00000176. The molecule has 3 rings (SSSR count). The Bertz CT molecular complexity index is 741. The van der Waals surface area contributed by atoms with Crippen molar-refractivity contribution in [3.8, 4) is 0 Å². The number of thiophene rings is 1. The minimum absolute atomic E-state index is 0. The molecular formula is C13H19ClN4O2S2. The largest absolute Gasteiger partial charge is 0.337 e. The fraction of sp³-hybridized carbons (Fsp3) is 0.462. The molecule has 0 amide bonds. The van der Waals surface area contributed by atoms with E-state index in [9.17, 15) is 8.42 Å². The molecule has 2 aromatic heterocycles. The van der Waals surface area contributed by atoms with Gasteiger partial charge < -0.3 is 9.88 Å². The van der Waals surface area contributed by atoms with E-state index in [0.29, 0.717) is 23.8 Å². The molecule has 9 heteroatoms. The third kappa shape index (κ3) is 2.93. The van der Waals surface area contributed by atoms with Crippen molar-refractivity contribution in [1.82, 2.24) is 19.2 Å². The van der Waals surface area contributed by atoms with Crippen LogP contribution in [0.15, 0.2) is 28.0 Å². The number of aryl methyl sites for hydroxylation is 2. The van der Waals surface area contributed by atoms with Crippen molar-refractivity contribution in [3.05, 3.63) is 35.2 Å². The van der Waals surface area contributed by atoms with Crippen molar-refractivity contribution in [3.63, 3.8) is 0 Å². The number of halogens is 1. The monoisotopic (exact) mass is 362 g/mol. The van der Waals surface area contributed by atoms with Gasteiger partial charge in [-0.3, -0.25) is 0 Å². The summed E-state index contributed by atoms with van der Waals surface area (Å²) in [4.78, 5) is 4.33. The molecule has 0 spiro atoms. The molecule has 1 unspecified atom stereocenters. The van der Waals surface area contributed by atoms with Gasteiger partial charge in [-0.05, 0) is 23.9 Å². The quantitative estimate of drug-likeness (QED) is 0.899. The lowest BCUT2D eigenvalue weighted by Crippen LogP contribution is -2.49. The number of piperazine rings is 1.